The summed E-state index contributed by atoms with van der Waals surface area (Å²) in [6.07, 6.45) is 0. The van der Waals surface area contributed by atoms with Gasteiger partial charge in [0.1, 0.15) is 11.4 Å². The Bertz CT molecular complexity index is 1370. The molecule has 0 unspecified atom stereocenters. The zero-order chi connectivity index (χ0) is 25.2. The number of rotatable bonds is 7. The molecule has 1 aromatic heterocycles. The van der Waals surface area contributed by atoms with Crippen molar-refractivity contribution in [2.75, 3.05) is 44.2 Å². The first-order chi connectivity index (χ1) is 16.8. The number of hydrogen-bond donors (Lipinski definition) is 0. The molecule has 35 heavy (non-hydrogen) atoms. The Morgan fingerprint density at radius 2 is 1.71 bits per heavy atom. The van der Waals surface area contributed by atoms with Gasteiger partial charge in [0.25, 0.3) is 11.6 Å². The van der Waals surface area contributed by atoms with Crippen LogP contribution in [-0.2, 0) is 10.0 Å². The molecule has 0 aliphatic carbocycles. The number of amides is 1. The molecule has 184 valence electrons. The first-order valence-corrected chi connectivity index (χ1v) is 12.9. The molecule has 11 heteroatoms. The summed E-state index contributed by atoms with van der Waals surface area (Å²) in [5.41, 5.74) is 1.17. The van der Waals surface area contributed by atoms with E-state index in [4.69, 9.17) is 0 Å². The maximum Gasteiger partial charge on any atom is 0.293 e. The fourth-order valence-electron chi connectivity index (χ4n) is 4.29. The average Bonchev–Trinajstić information content (AvgIpc) is 2.88. The monoisotopic (exact) mass is 497 g/mol. The molecule has 0 spiro atoms. The number of fused-ring (bicyclic) bond motifs is 1. The van der Waals surface area contributed by atoms with Crippen LogP contribution in [-0.4, -0.2) is 72.7 Å². The summed E-state index contributed by atoms with van der Waals surface area (Å²) >= 11 is 0. The highest BCUT2D eigenvalue weighted by molar-refractivity contribution is 7.89. The van der Waals surface area contributed by atoms with E-state index in [1.807, 2.05) is 35.2 Å². The molecule has 1 aliphatic heterocycles. The predicted molar refractivity (Wildman–Crippen MR) is 133 cm³/mol. The quantitative estimate of drug-likeness (QED) is 0.364. The molecule has 4 rings (SSSR count). The number of carbonyl (C=O) groups is 1. The molecule has 1 aliphatic rings. The molecule has 0 N–H and O–H groups in total. The third-order valence-electron chi connectivity index (χ3n) is 6.21. The van der Waals surface area contributed by atoms with Crippen molar-refractivity contribution in [1.29, 1.82) is 0 Å². The summed E-state index contributed by atoms with van der Waals surface area (Å²) in [4.78, 5) is 32.1. The number of nitro groups is 1. The van der Waals surface area contributed by atoms with Gasteiger partial charge in [-0.1, -0.05) is 38.1 Å². The molecular weight excluding hydrogens is 470 g/mol. The van der Waals surface area contributed by atoms with Gasteiger partial charge in [-0.05, 0) is 24.3 Å². The molecule has 0 bridgehead atoms. The van der Waals surface area contributed by atoms with Crippen LogP contribution in [0.2, 0.25) is 0 Å². The maximum atomic E-state index is 13.0. The molecular formula is C24H27N5O5S. The molecule has 0 saturated carbocycles. The van der Waals surface area contributed by atoms with Crippen LogP contribution in [0.5, 0.6) is 0 Å². The van der Waals surface area contributed by atoms with E-state index in [0.717, 1.165) is 17.0 Å². The largest absolute Gasteiger partial charge is 0.362 e. The Labute approximate surface area is 204 Å². The predicted octanol–water partition coefficient (Wildman–Crippen LogP) is 3.14. The van der Waals surface area contributed by atoms with E-state index in [1.165, 1.54) is 16.4 Å². The Hall–Kier alpha value is -3.57. The molecule has 2 aromatic carbocycles. The average molecular weight is 498 g/mol. The molecule has 0 radical (unpaired) electrons. The molecule has 2 heterocycles. The van der Waals surface area contributed by atoms with Crippen molar-refractivity contribution in [3.8, 4) is 0 Å². The van der Waals surface area contributed by atoms with Crippen LogP contribution >= 0.6 is 0 Å². The summed E-state index contributed by atoms with van der Waals surface area (Å²) in [5.74, 6) is -0.189. The van der Waals surface area contributed by atoms with Gasteiger partial charge in [-0.25, -0.2) is 13.4 Å². The van der Waals surface area contributed by atoms with E-state index in [2.05, 4.69) is 4.98 Å². The van der Waals surface area contributed by atoms with Crippen LogP contribution in [0.25, 0.3) is 10.9 Å². The van der Waals surface area contributed by atoms with Crippen molar-refractivity contribution >= 4 is 38.2 Å². The number of carbonyl (C=O) groups excluding carboxylic acids is 1. The van der Waals surface area contributed by atoms with Crippen molar-refractivity contribution < 1.29 is 18.1 Å². The number of nitrogens with zero attached hydrogens (tertiary/aromatic N) is 5. The van der Waals surface area contributed by atoms with Crippen molar-refractivity contribution in [1.82, 2.24) is 14.2 Å². The number of para-hydroxylation sites is 1. The Kier molecular flexibility index (Phi) is 6.99. The molecule has 0 atom stereocenters. The van der Waals surface area contributed by atoms with Crippen molar-refractivity contribution in [2.24, 2.45) is 0 Å². The fraction of sp³-hybridized carbons (Fsp3) is 0.333. The minimum atomic E-state index is -3.82. The fourth-order valence-corrected chi connectivity index (χ4v) is 5.77. The topological polar surface area (TPSA) is 117 Å². The van der Waals surface area contributed by atoms with Gasteiger partial charge in [-0.15, -0.1) is 0 Å². The first kappa shape index (κ1) is 24.6. The number of pyridine rings is 1. The second-order valence-electron chi connectivity index (χ2n) is 8.17. The molecule has 1 fully saturated rings. The first-order valence-electron chi connectivity index (χ1n) is 11.4. The standard InChI is InChI=1S/C24H27N5O5S/c1-3-28(4-2)35(33,34)19-10-12-22(23(17-19)29(31)32)26-13-15-27(16-14-26)24(30)21-11-9-18-7-5-6-8-20(18)25-21/h5-12,17H,3-4,13-16H2,1-2H3. The lowest BCUT2D eigenvalue weighted by atomic mass is 10.2. The van der Waals surface area contributed by atoms with Crippen LogP contribution < -0.4 is 4.90 Å². The lowest BCUT2D eigenvalue weighted by Gasteiger charge is -2.35. The van der Waals surface area contributed by atoms with Gasteiger partial charge in [0.15, 0.2) is 0 Å². The highest BCUT2D eigenvalue weighted by Crippen LogP contribution is 2.32. The van der Waals surface area contributed by atoms with Gasteiger partial charge in [-0.2, -0.15) is 4.31 Å². The van der Waals surface area contributed by atoms with Gasteiger partial charge < -0.3 is 9.80 Å². The van der Waals surface area contributed by atoms with Crippen molar-refractivity contribution in [2.45, 2.75) is 18.7 Å². The van der Waals surface area contributed by atoms with Crippen molar-refractivity contribution in [3.63, 3.8) is 0 Å². The van der Waals surface area contributed by atoms with Crippen LogP contribution in [0.4, 0.5) is 11.4 Å². The minimum absolute atomic E-state index is 0.104. The van der Waals surface area contributed by atoms with Crippen LogP contribution in [0, 0.1) is 10.1 Å². The number of sulfonamides is 1. The number of nitro benzene ring substituents is 1. The van der Waals surface area contributed by atoms with Gasteiger partial charge in [0.2, 0.25) is 10.0 Å². The summed E-state index contributed by atoms with van der Waals surface area (Å²) in [7, 11) is -3.82. The van der Waals surface area contributed by atoms with E-state index in [0.29, 0.717) is 37.6 Å². The smallest absolute Gasteiger partial charge is 0.293 e. The maximum absolute atomic E-state index is 13.0. The van der Waals surface area contributed by atoms with Gasteiger partial charge in [-0.3, -0.25) is 14.9 Å². The van der Waals surface area contributed by atoms with E-state index in [1.54, 1.807) is 24.8 Å². The lowest BCUT2D eigenvalue weighted by Crippen LogP contribution is -2.49. The Balaban J connectivity index is 1.52. The second-order valence-corrected chi connectivity index (χ2v) is 10.1. The number of hydrogen-bond acceptors (Lipinski definition) is 7. The third-order valence-corrected chi connectivity index (χ3v) is 8.26. The SMILES string of the molecule is CCN(CC)S(=O)(=O)c1ccc(N2CCN(C(=O)c3ccc4ccccc4n3)CC2)c([N+](=O)[O-])c1. The van der Waals surface area contributed by atoms with Crippen LogP contribution in [0.3, 0.4) is 0 Å². The number of piperazine rings is 1. The van der Waals surface area contributed by atoms with Crippen molar-refractivity contribution in [3.05, 3.63) is 70.4 Å². The van der Waals surface area contributed by atoms with E-state index >= 15 is 0 Å². The van der Waals surface area contributed by atoms with Crippen LogP contribution in [0.15, 0.2) is 59.5 Å². The minimum Gasteiger partial charge on any atom is -0.362 e. The molecule has 1 amide bonds. The van der Waals surface area contributed by atoms with E-state index in [-0.39, 0.29) is 29.6 Å². The number of anilines is 1. The van der Waals surface area contributed by atoms with E-state index in [9.17, 15) is 23.3 Å². The van der Waals surface area contributed by atoms with Crippen LogP contribution in [0.1, 0.15) is 24.3 Å². The third kappa shape index (κ3) is 4.82. The summed E-state index contributed by atoms with van der Waals surface area (Å²) in [5, 5.41) is 12.8. The number of benzene rings is 2. The normalized spacial score (nSPS) is 14.5. The molecule has 3 aromatic rings. The zero-order valence-corrected chi connectivity index (χ0v) is 20.4. The molecule has 1 saturated heterocycles. The summed E-state index contributed by atoms with van der Waals surface area (Å²) in [6.45, 7) is 5.47. The van der Waals surface area contributed by atoms with E-state index < -0.39 is 14.9 Å². The molecule has 10 nitrogen and oxygen atoms in total. The second kappa shape index (κ2) is 9.96. The lowest BCUT2D eigenvalue weighted by molar-refractivity contribution is -0.384. The summed E-state index contributed by atoms with van der Waals surface area (Å²) < 4.78 is 26.9. The van der Waals surface area contributed by atoms with Gasteiger partial charge in [0.05, 0.1) is 15.3 Å². The Morgan fingerprint density at radius 3 is 2.37 bits per heavy atom. The Morgan fingerprint density at radius 1 is 1.03 bits per heavy atom. The summed E-state index contributed by atoms with van der Waals surface area (Å²) in [6, 6.07) is 15.2. The zero-order valence-electron chi connectivity index (χ0n) is 19.6. The van der Waals surface area contributed by atoms with Gasteiger partial charge >= 0.3 is 0 Å². The highest BCUT2D eigenvalue weighted by atomic mass is 32.2. The highest BCUT2D eigenvalue weighted by Gasteiger charge is 2.30. The number of aromatic nitrogens is 1. The van der Waals surface area contributed by atoms with Gasteiger partial charge in [0, 0.05) is 50.7 Å².